The molecule has 11 heteroatoms. The van der Waals surface area contributed by atoms with E-state index in [-0.39, 0.29) is 60.4 Å². The molecule has 0 saturated heterocycles. The van der Waals surface area contributed by atoms with Crippen LogP contribution in [-0.2, 0) is 16.0 Å². The maximum absolute atomic E-state index is 14.3. The summed E-state index contributed by atoms with van der Waals surface area (Å²) in [5, 5.41) is 0.428. The van der Waals surface area contributed by atoms with Crippen LogP contribution in [0.15, 0.2) is 51.7 Å². The van der Waals surface area contributed by atoms with Crippen molar-refractivity contribution < 1.29 is 45.4 Å². The highest BCUT2D eigenvalue weighted by Crippen LogP contribution is 2.35. The van der Waals surface area contributed by atoms with E-state index in [0.29, 0.717) is 17.4 Å². The van der Waals surface area contributed by atoms with E-state index in [0.717, 1.165) is 19.3 Å². The molecule has 0 spiro atoms. The number of halogens is 5. The maximum Gasteiger partial charge on any atom is 0.573 e. The number of fused-ring (bicyclic) bond motifs is 1. The monoisotopic (exact) mass is 640 g/mol. The van der Waals surface area contributed by atoms with E-state index >= 15 is 0 Å². The second-order valence-corrected chi connectivity index (χ2v) is 11.6. The molecule has 0 N–H and O–H groups in total. The van der Waals surface area contributed by atoms with Gasteiger partial charge in [-0.2, -0.15) is 0 Å². The Bertz CT molecular complexity index is 1460. The molecule has 2 aromatic carbocycles. The predicted octanol–water partition coefficient (Wildman–Crippen LogP) is 9.50. The van der Waals surface area contributed by atoms with Gasteiger partial charge in [0.25, 0.3) is 0 Å². The Balaban J connectivity index is 1.61. The van der Waals surface area contributed by atoms with Crippen LogP contribution in [0, 0.1) is 11.8 Å². The Morgan fingerprint density at radius 1 is 0.867 bits per heavy atom. The van der Waals surface area contributed by atoms with E-state index in [9.17, 15) is 31.5 Å². The molecule has 1 atom stereocenters. The first-order valence-electron chi connectivity index (χ1n) is 15.3. The van der Waals surface area contributed by atoms with Crippen molar-refractivity contribution in [1.82, 2.24) is 0 Å². The number of rotatable bonds is 17. The summed E-state index contributed by atoms with van der Waals surface area (Å²) in [6.45, 7) is 7.45. The summed E-state index contributed by atoms with van der Waals surface area (Å²) in [5.41, 5.74) is -0.223. The van der Waals surface area contributed by atoms with E-state index in [1.807, 2.05) is 20.8 Å². The second-order valence-electron chi connectivity index (χ2n) is 11.6. The van der Waals surface area contributed by atoms with E-state index in [1.165, 1.54) is 24.3 Å². The standard InChI is InChI=1S/C34H41F5O6/c1-5-6-7-10-24-11-14-27(30(19-24)45-34(37,38)39)28-20-25-12-13-26(21-29(25)44-32(28)41)42-17-8-15-33(35,36)16-9-18-43-31(40)23(4)22(2)3/h11-14,19-23H,5-10,15-18H2,1-4H3. The number of carbonyl (C=O) groups excluding carboxylic acids is 1. The molecule has 0 aliphatic carbocycles. The van der Waals surface area contributed by atoms with E-state index in [1.54, 1.807) is 25.1 Å². The first-order chi connectivity index (χ1) is 21.2. The van der Waals surface area contributed by atoms with Gasteiger partial charge >= 0.3 is 18.0 Å². The van der Waals surface area contributed by atoms with Gasteiger partial charge in [-0.1, -0.05) is 52.7 Å². The molecule has 1 heterocycles. The number of hydrogen-bond donors (Lipinski definition) is 0. The topological polar surface area (TPSA) is 75.0 Å². The SMILES string of the molecule is CCCCCc1ccc(-c2cc3ccc(OCCCC(F)(F)CCCOC(=O)C(C)C(C)C)cc3oc2=O)c(OC(F)(F)F)c1. The van der Waals surface area contributed by atoms with Gasteiger partial charge < -0.3 is 18.6 Å². The quantitative estimate of drug-likeness (QED) is 0.0633. The largest absolute Gasteiger partial charge is 0.573 e. The molecule has 3 rings (SSSR count). The Morgan fingerprint density at radius 3 is 2.24 bits per heavy atom. The average Bonchev–Trinajstić information content (AvgIpc) is 2.96. The molecule has 0 amide bonds. The molecule has 0 radical (unpaired) electrons. The van der Waals surface area contributed by atoms with Crippen molar-refractivity contribution >= 4 is 16.9 Å². The zero-order valence-electron chi connectivity index (χ0n) is 26.1. The Hall–Kier alpha value is -3.63. The van der Waals surface area contributed by atoms with Crippen molar-refractivity contribution in [3.63, 3.8) is 0 Å². The zero-order chi connectivity index (χ0) is 33.2. The van der Waals surface area contributed by atoms with Crippen LogP contribution >= 0.6 is 0 Å². The van der Waals surface area contributed by atoms with Crippen LogP contribution in [0.3, 0.4) is 0 Å². The molecule has 1 aromatic heterocycles. The summed E-state index contributed by atoms with van der Waals surface area (Å²) in [7, 11) is 0. The van der Waals surface area contributed by atoms with E-state index in [2.05, 4.69) is 4.74 Å². The molecule has 3 aromatic rings. The van der Waals surface area contributed by atoms with Crippen molar-refractivity contribution in [3.05, 3.63) is 58.4 Å². The highest BCUT2D eigenvalue weighted by Gasteiger charge is 2.33. The molecule has 1 unspecified atom stereocenters. The normalized spacial score (nSPS) is 12.8. The van der Waals surface area contributed by atoms with Gasteiger partial charge in [0, 0.05) is 29.9 Å². The van der Waals surface area contributed by atoms with E-state index in [4.69, 9.17) is 13.9 Å². The second kappa shape index (κ2) is 16.1. The lowest BCUT2D eigenvalue weighted by Crippen LogP contribution is -2.22. The van der Waals surface area contributed by atoms with Gasteiger partial charge in [-0.15, -0.1) is 13.2 Å². The fraction of sp³-hybridized carbons (Fsp3) is 0.529. The van der Waals surface area contributed by atoms with Gasteiger partial charge in [-0.3, -0.25) is 4.79 Å². The molecule has 0 aliphatic rings. The average molecular weight is 641 g/mol. The van der Waals surface area contributed by atoms with Gasteiger partial charge in [0.1, 0.15) is 17.1 Å². The highest BCUT2D eigenvalue weighted by molar-refractivity contribution is 5.84. The third-order valence-electron chi connectivity index (χ3n) is 7.60. The number of hydrogen-bond acceptors (Lipinski definition) is 6. The minimum absolute atomic E-state index is 0.0208. The summed E-state index contributed by atoms with van der Waals surface area (Å²) in [5.74, 6) is -3.74. The summed E-state index contributed by atoms with van der Waals surface area (Å²) >= 11 is 0. The molecule has 0 saturated carbocycles. The van der Waals surface area contributed by atoms with Crippen molar-refractivity contribution in [1.29, 1.82) is 0 Å². The van der Waals surface area contributed by atoms with Crippen LogP contribution in [0.2, 0.25) is 0 Å². The lowest BCUT2D eigenvalue weighted by atomic mass is 9.99. The number of aryl methyl sites for hydroxylation is 1. The Kier molecular flexibility index (Phi) is 12.8. The van der Waals surface area contributed by atoms with Gasteiger partial charge in [0.2, 0.25) is 5.92 Å². The molecular weight excluding hydrogens is 599 g/mol. The number of alkyl halides is 5. The summed E-state index contributed by atoms with van der Waals surface area (Å²) < 4.78 is 88.6. The number of ether oxygens (including phenoxy) is 3. The first kappa shape index (κ1) is 35.8. The minimum atomic E-state index is -4.95. The zero-order valence-corrected chi connectivity index (χ0v) is 26.1. The molecule has 0 bridgehead atoms. The molecule has 45 heavy (non-hydrogen) atoms. The van der Waals surface area contributed by atoms with Crippen molar-refractivity contribution in [2.24, 2.45) is 11.8 Å². The van der Waals surface area contributed by atoms with Gasteiger partial charge in [-0.05, 0) is 61.4 Å². The molecule has 0 fully saturated rings. The summed E-state index contributed by atoms with van der Waals surface area (Å²) in [4.78, 5) is 24.7. The minimum Gasteiger partial charge on any atom is -0.493 e. The third kappa shape index (κ3) is 11.3. The van der Waals surface area contributed by atoms with Gasteiger partial charge in [-0.25, -0.2) is 13.6 Å². The van der Waals surface area contributed by atoms with Crippen LogP contribution in [0.1, 0.15) is 78.2 Å². The molecule has 248 valence electrons. The van der Waals surface area contributed by atoms with Gasteiger partial charge in [0.15, 0.2) is 0 Å². The van der Waals surface area contributed by atoms with Crippen LogP contribution in [0.5, 0.6) is 11.5 Å². The molecule has 0 aliphatic heterocycles. The number of carbonyl (C=O) groups is 1. The predicted molar refractivity (Wildman–Crippen MR) is 162 cm³/mol. The van der Waals surface area contributed by atoms with Crippen LogP contribution < -0.4 is 15.1 Å². The lowest BCUT2D eigenvalue weighted by molar-refractivity contribution is -0.274. The van der Waals surface area contributed by atoms with Crippen molar-refractivity contribution in [2.45, 2.75) is 91.3 Å². The lowest BCUT2D eigenvalue weighted by Gasteiger charge is -2.18. The Morgan fingerprint density at radius 2 is 1.58 bits per heavy atom. The van der Waals surface area contributed by atoms with Crippen LogP contribution in [0.25, 0.3) is 22.1 Å². The molecular formula is C34H41F5O6. The smallest absolute Gasteiger partial charge is 0.493 e. The van der Waals surface area contributed by atoms with Crippen molar-refractivity contribution in [3.8, 4) is 22.6 Å². The van der Waals surface area contributed by atoms with Gasteiger partial charge in [0.05, 0.1) is 24.7 Å². The maximum atomic E-state index is 14.3. The van der Waals surface area contributed by atoms with Crippen LogP contribution in [-0.4, -0.2) is 31.5 Å². The van der Waals surface area contributed by atoms with Crippen molar-refractivity contribution in [2.75, 3.05) is 13.2 Å². The van der Waals surface area contributed by atoms with E-state index < -0.39 is 42.5 Å². The van der Waals surface area contributed by atoms with Crippen LogP contribution in [0.4, 0.5) is 22.0 Å². The summed E-state index contributed by atoms with van der Waals surface area (Å²) in [6, 6.07) is 10.4. The number of esters is 1. The first-order valence-corrected chi connectivity index (χ1v) is 15.3. The third-order valence-corrected chi connectivity index (χ3v) is 7.60. The highest BCUT2D eigenvalue weighted by atomic mass is 19.4. The molecule has 6 nitrogen and oxygen atoms in total. The fourth-order valence-electron chi connectivity index (χ4n) is 4.66. The number of unbranched alkanes of at least 4 members (excludes halogenated alkanes) is 2. The number of benzene rings is 2. The Labute approximate surface area is 259 Å². The fourth-order valence-corrected chi connectivity index (χ4v) is 4.66. The summed E-state index contributed by atoms with van der Waals surface area (Å²) in [6.07, 6.45) is -2.42.